The fraction of sp³-hybridized carbons (Fsp3) is 0. The molecule has 4 nitrogen and oxygen atoms in total. The highest BCUT2D eigenvalue weighted by molar-refractivity contribution is 6.32. The number of rotatable bonds is 2. The van der Waals surface area contributed by atoms with E-state index >= 15 is 0 Å². The lowest BCUT2D eigenvalue weighted by molar-refractivity contribution is 1.41. The molecule has 5 heterocycles. The molecule has 0 atom stereocenters. The number of fused-ring (bicyclic) bond motifs is 4. The van der Waals surface area contributed by atoms with Gasteiger partial charge in [0.05, 0.1) is 45.6 Å². The van der Waals surface area contributed by atoms with Crippen molar-refractivity contribution in [2.24, 2.45) is 20.0 Å². The van der Waals surface area contributed by atoms with Crippen molar-refractivity contribution in [1.82, 2.24) is 0 Å². The second-order valence-corrected chi connectivity index (χ2v) is 7.77. The van der Waals surface area contributed by atoms with Crippen LogP contribution in [0, 0.1) is 0 Å². The Labute approximate surface area is 186 Å². The molecule has 8 bridgehead atoms. The van der Waals surface area contributed by atoms with E-state index in [-0.39, 0.29) is 0 Å². The van der Waals surface area contributed by atoms with Crippen molar-refractivity contribution in [1.29, 1.82) is 0 Å². The average molecular weight is 410 g/mol. The lowest BCUT2D eigenvalue weighted by Gasteiger charge is -2.04. The van der Waals surface area contributed by atoms with Gasteiger partial charge in [0.25, 0.3) is 0 Å². The minimum atomic E-state index is 0.864. The summed E-state index contributed by atoms with van der Waals surface area (Å²) in [6.07, 6.45) is 23.9. The van der Waals surface area contributed by atoms with E-state index in [1.54, 1.807) is 0 Å². The van der Waals surface area contributed by atoms with E-state index in [1.807, 2.05) is 66.8 Å². The van der Waals surface area contributed by atoms with Gasteiger partial charge in [-0.05, 0) is 78.0 Å². The summed E-state index contributed by atoms with van der Waals surface area (Å²) in [5.41, 5.74) is 10.2. The highest BCUT2D eigenvalue weighted by Gasteiger charge is 2.18. The molecule has 6 rings (SSSR count). The van der Waals surface area contributed by atoms with Gasteiger partial charge in [-0.15, -0.1) is 0 Å². The number of hydrogen-bond donors (Lipinski definition) is 0. The van der Waals surface area contributed by atoms with Gasteiger partial charge in [0, 0.05) is 5.57 Å². The highest BCUT2D eigenvalue weighted by atomic mass is 14.8. The zero-order valence-electron chi connectivity index (χ0n) is 17.2. The largest absolute Gasteiger partial charge is 0.249 e. The normalized spacial score (nSPS) is 20.1. The predicted molar refractivity (Wildman–Crippen MR) is 134 cm³/mol. The van der Waals surface area contributed by atoms with Gasteiger partial charge in [0.15, 0.2) is 0 Å². The number of hydrogen-bond acceptors (Lipinski definition) is 4. The monoisotopic (exact) mass is 410 g/mol. The van der Waals surface area contributed by atoms with Crippen molar-refractivity contribution in [2.75, 3.05) is 0 Å². The third kappa shape index (κ3) is 3.48. The quantitative estimate of drug-likeness (QED) is 0.596. The Morgan fingerprint density at radius 1 is 0.531 bits per heavy atom. The molecule has 4 heteroatoms. The smallest absolute Gasteiger partial charge is 0.0737 e. The third-order valence-electron chi connectivity index (χ3n) is 5.50. The molecule has 5 aliphatic rings. The van der Waals surface area contributed by atoms with E-state index in [0.717, 1.165) is 62.3 Å². The molecular weight excluding hydrogens is 392 g/mol. The molecule has 0 unspecified atom stereocenters. The van der Waals surface area contributed by atoms with Crippen molar-refractivity contribution in [3.63, 3.8) is 0 Å². The minimum Gasteiger partial charge on any atom is -0.249 e. The molecule has 150 valence electrons. The highest BCUT2D eigenvalue weighted by Crippen LogP contribution is 2.29. The summed E-state index contributed by atoms with van der Waals surface area (Å²) in [4.78, 5) is 19.0. The van der Waals surface area contributed by atoms with Crippen molar-refractivity contribution >= 4 is 34.5 Å². The third-order valence-corrected chi connectivity index (χ3v) is 5.50. The standard InChI is InChI=1S/C28H18N4/c1-2-18-3-5-19(6-4-18)27-16-26-15-24-10-9-22(30-24)13-20-7-8-21(29-20)14-23-11-12-25(31-23)17-28(27)32-26/h2-17H,1H2. The molecule has 5 aliphatic heterocycles. The Bertz CT molecular complexity index is 1440. The molecule has 0 radical (unpaired) electrons. The molecule has 0 saturated carbocycles. The summed E-state index contributed by atoms with van der Waals surface area (Å²) in [6.45, 7) is 3.84. The molecule has 0 aromatic heterocycles. The van der Waals surface area contributed by atoms with Crippen LogP contribution in [0.15, 0.2) is 140 Å². The molecule has 0 aliphatic carbocycles. The first-order chi connectivity index (χ1) is 15.7. The number of nitrogens with zero attached hydrogens (tertiary/aromatic N) is 4. The number of aliphatic imine (C=N–C) groups is 4. The van der Waals surface area contributed by atoms with Crippen LogP contribution in [-0.4, -0.2) is 22.8 Å². The van der Waals surface area contributed by atoms with Crippen LogP contribution < -0.4 is 0 Å². The maximum Gasteiger partial charge on any atom is 0.0737 e. The second kappa shape index (κ2) is 7.36. The Morgan fingerprint density at radius 3 is 1.62 bits per heavy atom. The van der Waals surface area contributed by atoms with Crippen LogP contribution in [0.2, 0.25) is 0 Å². The first-order valence-corrected chi connectivity index (χ1v) is 10.4. The Balaban J connectivity index is 1.49. The van der Waals surface area contributed by atoms with Crippen LogP contribution in [0.25, 0.3) is 11.6 Å². The van der Waals surface area contributed by atoms with Gasteiger partial charge in [0.1, 0.15) is 0 Å². The summed E-state index contributed by atoms with van der Waals surface area (Å²) in [5.74, 6) is 0. The summed E-state index contributed by atoms with van der Waals surface area (Å²) in [5, 5.41) is 0. The molecule has 0 amide bonds. The van der Waals surface area contributed by atoms with Gasteiger partial charge in [-0.1, -0.05) is 36.9 Å². The van der Waals surface area contributed by atoms with E-state index in [2.05, 4.69) is 41.9 Å². The first-order valence-electron chi connectivity index (χ1n) is 10.4. The van der Waals surface area contributed by atoms with Crippen LogP contribution >= 0.6 is 0 Å². The van der Waals surface area contributed by atoms with E-state index in [0.29, 0.717) is 0 Å². The van der Waals surface area contributed by atoms with E-state index < -0.39 is 0 Å². The zero-order chi connectivity index (χ0) is 21.5. The fourth-order valence-corrected chi connectivity index (χ4v) is 3.93. The topological polar surface area (TPSA) is 49.4 Å². The molecule has 32 heavy (non-hydrogen) atoms. The maximum absolute atomic E-state index is 4.89. The van der Waals surface area contributed by atoms with Crippen LogP contribution in [-0.2, 0) is 0 Å². The summed E-state index contributed by atoms with van der Waals surface area (Å²) >= 11 is 0. The van der Waals surface area contributed by atoms with Crippen LogP contribution in [0.1, 0.15) is 11.1 Å². The van der Waals surface area contributed by atoms with Gasteiger partial charge in [-0.25, -0.2) is 20.0 Å². The van der Waals surface area contributed by atoms with Gasteiger partial charge >= 0.3 is 0 Å². The van der Waals surface area contributed by atoms with E-state index in [4.69, 9.17) is 15.0 Å². The van der Waals surface area contributed by atoms with Gasteiger partial charge < -0.3 is 0 Å². The zero-order valence-corrected chi connectivity index (χ0v) is 17.2. The average Bonchev–Trinajstić information content (AvgIpc) is 3.59. The Kier molecular flexibility index (Phi) is 4.22. The van der Waals surface area contributed by atoms with E-state index in [9.17, 15) is 0 Å². The summed E-state index contributed by atoms with van der Waals surface area (Å²) < 4.78 is 0. The molecule has 0 N–H and O–H groups in total. The predicted octanol–water partition coefficient (Wildman–Crippen LogP) is 5.75. The van der Waals surface area contributed by atoms with Gasteiger partial charge in [-0.2, -0.15) is 0 Å². The molecule has 0 fully saturated rings. The van der Waals surface area contributed by atoms with Crippen LogP contribution in [0.5, 0.6) is 0 Å². The van der Waals surface area contributed by atoms with Gasteiger partial charge in [-0.3, -0.25) is 0 Å². The maximum atomic E-state index is 4.89. The molecule has 0 saturated heterocycles. The molecule has 1 aromatic rings. The second-order valence-electron chi connectivity index (χ2n) is 7.77. The molecular formula is C28H18N4. The lowest BCUT2D eigenvalue weighted by Crippen LogP contribution is -1.96. The molecule has 1 aromatic carbocycles. The SMILES string of the molecule is C=Cc1ccc(C2=CC3=CC4=NC(=CC5=NC(=CC6=NC(=CC2=N3)C=C6)C=C5)C=C4)cc1. The summed E-state index contributed by atoms with van der Waals surface area (Å²) in [6, 6.07) is 8.32. The van der Waals surface area contributed by atoms with Crippen molar-refractivity contribution in [3.8, 4) is 0 Å². The fourth-order valence-electron chi connectivity index (χ4n) is 3.93. The van der Waals surface area contributed by atoms with E-state index in [1.165, 1.54) is 0 Å². The molecule has 0 spiro atoms. The lowest BCUT2D eigenvalue weighted by atomic mass is 9.99. The van der Waals surface area contributed by atoms with Crippen LogP contribution in [0.4, 0.5) is 0 Å². The Morgan fingerprint density at radius 2 is 1.06 bits per heavy atom. The first kappa shape index (κ1) is 18.3. The van der Waals surface area contributed by atoms with Crippen molar-refractivity contribution in [2.45, 2.75) is 0 Å². The van der Waals surface area contributed by atoms with Gasteiger partial charge in [0.2, 0.25) is 0 Å². The number of benzene rings is 1. The number of allylic oxidation sites excluding steroid dienone is 12. The minimum absolute atomic E-state index is 0.864. The summed E-state index contributed by atoms with van der Waals surface area (Å²) in [7, 11) is 0. The Hall–Kier alpha value is -4.44. The van der Waals surface area contributed by atoms with Crippen LogP contribution in [0.3, 0.4) is 0 Å². The van der Waals surface area contributed by atoms with Crippen molar-refractivity contribution < 1.29 is 0 Å². The van der Waals surface area contributed by atoms with Crippen molar-refractivity contribution in [3.05, 3.63) is 132 Å².